The van der Waals surface area contributed by atoms with Gasteiger partial charge in [0.15, 0.2) is 5.11 Å². The maximum atomic E-state index is 5.79. The average molecular weight is 347 g/mol. The maximum absolute atomic E-state index is 5.79. The van der Waals surface area contributed by atoms with E-state index in [1.807, 2.05) is 18.5 Å². The summed E-state index contributed by atoms with van der Waals surface area (Å²) in [4.78, 5) is 6.61. The minimum absolute atomic E-state index is 0.303. The highest BCUT2D eigenvalue weighted by atomic mass is 32.1. The lowest BCUT2D eigenvalue weighted by molar-refractivity contribution is 0.248. The fourth-order valence-corrected chi connectivity index (χ4v) is 3.94. The van der Waals surface area contributed by atoms with Crippen LogP contribution in [0.5, 0.6) is 0 Å². The molecule has 25 heavy (non-hydrogen) atoms. The van der Waals surface area contributed by atoms with Crippen LogP contribution in [0.2, 0.25) is 0 Å². The topological polar surface area (TPSA) is 28.2 Å². The SMILES string of the molecule is S=C(Nc1cccc2ccccc12)N1CCCCC1c1cccnc1. The number of benzene rings is 2. The molecule has 0 spiro atoms. The van der Waals surface area contributed by atoms with Gasteiger partial charge in [0.2, 0.25) is 0 Å². The highest BCUT2D eigenvalue weighted by molar-refractivity contribution is 7.80. The van der Waals surface area contributed by atoms with E-state index < -0.39 is 0 Å². The minimum atomic E-state index is 0.303. The van der Waals surface area contributed by atoms with Crippen molar-refractivity contribution in [1.82, 2.24) is 9.88 Å². The first-order chi connectivity index (χ1) is 12.3. The van der Waals surface area contributed by atoms with Crippen molar-refractivity contribution in [3.05, 3.63) is 72.6 Å². The molecule has 0 amide bonds. The van der Waals surface area contributed by atoms with Crippen molar-refractivity contribution >= 4 is 33.8 Å². The Bertz CT molecular complexity index is 873. The molecule has 4 rings (SSSR count). The van der Waals surface area contributed by atoms with Crippen molar-refractivity contribution in [2.45, 2.75) is 25.3 Å². The zero-order valence-corrected chi connectivity index (χ0v) is 14.9. The number of rotatable bonds is 2. The molecule has 1 unspecified atom stereocenters. The minimum Gasteiger partial charge on any atom is -0.342 e. The molecule has 126 valence electrons. The number of aromatic nitrogens is 1. The predicted octanol–water partition coefficient (Wildman–Crippen LogP) is 5.16. The predicted molar refractivity (Wildman–Crippen MR) is 108 cm³/mol. The van der Waals surface area contributed by atoms with Gasteiger partial charge < -0.3 is 10.2 Å². The zero-order valence-electron chi connectivity index (χ0n) is 14.1. The highest BCUT2D eigenvalue weighted by Crippen LogP contribution is 2.32. The normalized spacial score (nSPS) is 17.4. The van der Waals surface area contributed by atoms with Gasteiger partial charge in [0, 0.05) is 30.0 Å². The van der Waals surface area contributed by atoms with Gasteiger partial charge in [0.25, 0.3) is 0 Å². The molecule has 1 N–H and O–H groups in total. The summed E-state index contributed by atoms with van der Waals surface area (Å²) in [7, 11) is 0. The first-order valence-corrected chi connectivity index (χ1v) is 9.19. The lowest BCUT2D eigenvalue weighted by atomic mass is 9.97. The van der Waals surface area contributed by atoms with E-state index in [9.17, 15) is 0 Å². The summed E-state index contributed by atoms with van der Waals surface area (Å²) >= 11 is 5.79. The Morgan fingerprint density at radius 1 is 1.04 bits per heavy atom. The van der Waals surface area contributed by atoms with Crippen LogP contribution in [-0.4, -0.2) is 21.5 Å². The summed E-state index contributed by atoms with van der Waals surface area (Å²) in [5, 5.41) is 6.70. The van der Waals surface area contributed by atoms with Crippen LogP contribution in [0, 0.1) is 0 Å². The second-order valence-corrected chi connectivity index (χ2v) is 6.83. The molecule has 3 aromatic rings. The highest BCUT2D eigenvalue weighted by Gasteiger charge is 2.26. The molecule has 0 aliphatic carbocycles. The molecule has 3 nitrogen and oxygen atoms in total. The van der Waals surface area contributed by atoms with Gasteiger partial charge in [-0.2, -0.15) is 0 Å². The van der Waals surface area contributed by atoms with Crippen LogP contribution in [0.1, 0.15) is 30.9 Å². The van der Waals surface area contributed by atoms with Gasteiger partial charge in [0.1, 0.15) is 0 Å². The molecule has 0 saturated carbocycles. The molecule has 2 heterocycles. The molecular formula is C21H21N3S. The maximum Gasteiger partial charge on any atom is 0.173 e. The molecule has 1 atom stereocenters. The Kier molecular flexibility index (Phi) is 4.61. The van der Waals surface area contributed by atoms with Crippen LogP contribution < -0.4 is 5.32 Å². The molecule has 4 heteroatoms. The number of anilines is 1. The van der Waals surface area contributed by atoms with Gasteiger partial charge in [-0.05, 0) is 54.6 Å². The molecule has 1 aliphatic heterocycles. The molecule has 1 saturated heterocycles. The van der Waals surface area contributed by atoms with Crippen molar-refractivity contribution in [2.24, 2.45) is 0 Å². The average Bonchev–Trinajstić information content (AvgIpc) is 2.69. The third-order valence-corrected chi connectivity index (χ3v) is 5.20. The van der Waals surface area contributed by atoms with Gasteiger partial charge in [-0.15, -0.1) is 0 Å². The Hall–Kier alpha value is -2.46. The Labute approximate surface area is 153 Å². The van der Waals surface area contributed by atoms with Crippen LogP contribution >= 0.6 is 12.2 Å². The summed E-state index contributed by atoms with van der Waals surface area (Å²) in [6.07, 6.45) is 7.30. The van der Waals surface area contributed by atoms with E-state index in [2.05, 4.69) is 63.7 Å². The summed E-state index contributed by atoms with van der Waals surface area (Å²) in [6.45, 7) is 0.982. The lowest BCUT2D eigenvalue weighted by Crippen LogP contribution is -2.41. The largest absolute Gasteiger partial charge is 0.342 e. The standard InChI is InChI=1S/C21H21N3S/c25-21(23-19-11-5-8-16-7-1-2-10-18(16)19)24-14-4-3-12-20(24)17-9-6-13-22-15-17/h1-2,5-11,13,15,20H,3-4,12,14H2,(H,23,25). The van der Waals surface area contributed by atoms with Gasteiger partial charge in [-0.1, -0.05) is 42.5 Å². The summed E-state index contributed by atoms with van der Waals surface area (Å²) in [5.74, 6) is 0. The molecule has 1 fully saturated rings. The number of piperidine rings is 1. The van der Waals surface area contributed by atoms with E-state index in [1.165, 1.54) is 29.2 Å². The van der Waals surface area contributed by atoms with Crippen LogP contribution in [0.15, 0.2) is 67.0 Å². The van der Waals surface area contributed by atoms with Gasteiger partial charge >= 0.3 is 0 Å². The third kappa shape index (κ3) is 3.35. The van der Waals surface area contributed by atoms with E-state index in [4.69, 9.17) is 12.2 Å². The fraction of sp³-hybridized carbons (Fsp3) is 0.238. The number of hydrogen-bond acceptors (Lipinski definition) is 2. The number of hydrogen-bond donors (Lipinski definition) is 1. The molecule has 0 radical (unpaired) electrons. The quantitative estimate of drug-likeness (QED) is 0.648. The zero-order chi connectivity index (χ0) is 17.1. The number of nitrogens with one attached hydrogen (secondary N) is 1. The van der Waals surface area contributed by atoms with E-state index in [0.29, 0.717) is 6.04 Å². The first kappa shape index (κ1) is 16.0. The van der Waals surface area contributed by atoms with E-state index in [0.717, 1.165) is 23.8 Å². The van der Waals surface area contributed by atoms with Gasteiger partial charge in [-0.25, -0.2) is 0 Å². The van der Waals surface area contributed by atoms with Crippen LogP contribution in [0.25, 0.3) is 10.8 Å². The van der Waals surface area contributed by atoms with Gasteiger partial charge in [-0.3, -0.25) is 4.98 Å². The van der Waals surface area contributed by atoms with Crippen molar-refractivity contribution < 1.29 is 0 Å². The Morgan fingerprint density at radius 2 is 1.92 bits per heavy atom. The van der Waals surface area contributed by atoms with E-state index in [-0.39, 0.29) is 0 Å². The third-order valence-electron chi connectivity index (χ3n) is 4.86. The Morgan fingerprint density at radius 3 is 2.80 bits per heavy atom. The van der Waals surface area contributed by atoms with Crippen molar-refractivity contribution in [1.29, 1.82) is 0 Å². The monoisotopic (exact) mass is 347 g/mol. The van der Waals surface area contributed by atoms with Crippen LogP contribution in [0.4, 0.5) is 5.69 Å². The van der Waals surface area contributed by atoms with E-state index in [1.54, 1.807) is 0 Å². The fourth-order valence-electron chi connectivity index (χ4n) is 3.62. The van der Waals surface area contributed by atoms with E-state index >= 15 is 0 Å². The summed E-state index contributed by atoms with van der Waals surface area (Å²) < 4.78 is 0. The van der Waals surface area contributed by atoms with Crippen molar-refractivity contribution in [3.63, 3.8) is 0 Å². The summed E-state index contributed by atoms with van der Waals surface area (Å²) in [5.41, 5.74) is 2.31. The molecule has 2 aromatic carbocycles. The number of pyridine rings is 1. The smallest absolute Gasteiger partial charge is 0.173 e. The number of likely N-dealkylation sites (tertiary alicyclic amines) is 1. The molecule has 1 aromatic heterocycles. The first-order valence-electron chi connectivity index (χ1n) is 8.78. The number of nitrogens with zero attached hydrogens (tertiary/aromatic N) is 2. The van der Waals surface area contributed by atoms with Crippen molar-refractivity contribution in [2.75, 3.05) is 11.9 Å². The Balaban J connectivity index is 1.60. The number of fused-ring (bicyclic) bond motifs is 1. The second kappa shape index (κ2) is 7.19. The number of thiocarbonyl (C=S) groups is 1. The van der Waals surface area contributed by atoms with Crippen molar-refractivity contribution in [3.8, 4) is 0 Å². The van der Waals surface area contributed by atoms with Crippen LogP contribution in [0.3, 0.4) is 0 Å². The molecule has 0 bridgehead atoms. The molecule has 1 aliphatic rings. The van der Waals surface area contributed by atoms with Crippen LogP contribution in [-0.2, 0) is 0 Å². The molecular weight excluding hydrogens is 326 g/mol. The lowest BCUT2D eigenvalue weighted by Gasteiger charge is -2.38. The summed E-state index contributed by atoms with van der Waals surface area (Å²) in [6, 6.07) is 19.1. The second-order valence-electron chi connectivity index (χ2n) is 6.45. The van der Waals surface area contributed by atoms with Gasteiger partial charge in [0.05, 0.1) is 6.04 Å².